The van der Waals surface area contributed by atoms with E-state index in [1.54, 1.807) is 38.2 Å². The third-order valence-corrected chi connectivity index (χ3v) is 4.04. The molecule has 5 heteroatoms. The van der Waals surface area contributed by atoms with Crippen LogP contribution in [-0.2, 0) is 10.2 Å². The standard InChI is InChI=1S/C21H26N2O3/c1-14(26-18-12-8-16(9-13-18)21(2,3)4)19(24)23-17-10-6-15(7-11-17)20(25)22-5/h6-14H,1-5H3,(H,22,25)(H,23,24)/t14-/m0/s1. The first kappa shape index (κ1) is 19.5. The van der Waals surface area contributed by atoms with Gasteiger partial charge in [0.1, 0.15) is 5.75 Å². The second-order valence-electron chi connectivity index (χ2n) is 7.18. The molecule has 26 heavy (non-hydrogen) atoms. The number of anilines is 1. The van der Waals surface area contributed by atoms with Crippen LogP contribution >= 0.6 is 0 Å². The van der Waals surface area contributed by atoms with Crippen molar-refractivity contribution in [3.63, 3.8) is 0 Å². The quantitative estimate of drug-likeness (QED) is 0.859. The molecule has 0 aliphatic heterocycles. The third kappa shape index (κ3) is 5.09. The van der Waals surface area contributed by atoms with Crippen molar-refractivity contribution < 1.29 is 14.3 Å². The molecule has 0 spiro atoms. The molecule has 0 heterocycles. The lowest BCUT2D eigenvalue weighted by Crippen LogP contribution is -2.30. The van der Waals surface area contributed by atoms with Gasteiger partial charge in [-0.3, -0.25) is 9.59 Å². The average molecular weight is 354 g/mol. The normalized spacial score (nSPS) is 12.2. The number of hydrogen-bond donors (Lipinski definition) is 2. The summed E-state index contributed by atoms with van der Waals surface area (Å²) in [5, 5.41) is 5.34. The lowest BCUT2D eigenvalue weighted by atomic mass is 9.87. The van der Waals surface area contributed by atoms with Crippen LogP contribution in [0.15, 0.2) is 48.5 Å². The van der Waals surface area contributed by atoms with Crippen molar-refractivity contribution in [2.45, 2.75) is 39.2 Å². The summed E-state index contributed by atoms with van der Waals surface area (Å²) in [6, 6.07) is 14.5. The molecule has 0 bridgehead atoms. The molecule has 2 aromatic rings. The van der Waals surface area contributed by atoms with Crippen molar-refractivity contribution in [2.24, 2.45) is 0 Å². The number of ether oxygens (including phenoxy) is 1. The predicted molar refractivity (Wildman–Crippen MR) is 104 cm³/mol. The minimum atomic E-state index is -0.644. The number of carbonyl (C=O) groups is 2. The van der Waals surface area contributed by atoms with Crippen LogP contribution in [0.2, 0.25) is 0 Å². The van der Waals surface area contributed by atoms with E-state index in [1.165, 1.54) is 5.56 Å². The molecular formula is C21H26N2O3. The number of amides is 2. The van der Waals surface area contributed by atoms with E-state index in [9.17, 15) is 9.59 Å². The Bertz CT molecular complexity index is 759. The summed E-state index contributed by atoms with van der Waals surface area (Å²) >= 11 is 0. The van der Waals surface area contributed by atoms with Gasteiger partial charge in [-0.15, -0.1) is 0 Å². The highest BCUT2D eigenvalue weighted by molar-refractivity contribution is 5.96. The molecule has 0 saturated heterocycles. The van der Waals surface area contributed by atoms with E-state index in [0.717, 1.165) is 0 Å². The smallest absolute Gasteiger partial charge is 0.265 e. The summed E-state index contributed by atoms with van der Waals surface area (Å²) in [6.07, 6.45) is -0.644. The highest BCUT2D eigenvalue weighted by Crippen LogP contribution is 2.24. The van der Waals surface area contributed by atoms with Crippen molar-refractivity contribution in [1.82, 2.24) is 5.32 Å². The summed E-state index contributed by atoms with van der Waals surface area (Å²) in [5.41, 5.74) is 2.43. The fraction of sp³-hybridized carbons (Fsp3) is 0.333. The van der Waals surface area contributed by atoms with Crippen LogP contribution in [0.1, 0.15) is 43.6 Å². The number of benzene rings is 2. The zero-order valence-corrected chi connectivity index (χ0v) is 15.9. The van der Waals surface area contributed by atoms with E-state index < -0.39 is 6.10 Å². The van der Waals surface area contributed by atoms with Crippen LogP contribution in [-0.4, -0.2) is 25.0 Å². The van der Waals surface area contributed by atoms with Crippen LogP contribution in [0.4, 0.5) is 5.69 Å². The predicted octanol–water partition coefficient (Wildman–Crippen LogP) is 3.75. The lowest BCUT2D eigenvalue weighted by molar-refractivity contribution is -0.122. The van der Waals surface area contributed by atoms with E-state index in [2.05, 4.69) is 31.4 Å². The minimum Gasteiger partial charge on any atom is -0.481 e. The number of rotatable bonds is 5. The largest absolute Gasteiger partial charge is 0.481 e. The van der Waals surface area contributed by atoms with Crippen LogP contribution < -0.4 is 15.4 Å². The second kappa shape index (κ2) is 8.04. The lowest BCUT2D eigenvalue weighted by Gasteiger charge is -2.20. The SMILES string of the molecule is CNC(=O)c1ccc(NC(=O)[C@H](C)Oc2ccc(C(C)(C)C)cc2)cc1. The van der Waals surface area contributed by atoms with Crippen molar-refractivity contribution in [3.05, 3.63) is 59.7 Å². The number of carbonyl (C=O) groups excluding carboxylic acids is 2. The Morgan fingerprint density at radius 3 is 2.04 bits per heavy atom. The van der Waals surface area contributed by atoms with Gasteiger partial charge in [0, 0.05) is 18.3 Å². The first-order valence-electron chi connectivity index (χ1n) is 8.61. The van der Waals surface area contributed by atoms with Gasteiger partial charge >= 0.3 is 0 Å². The zero-order valence-electron chi connectivity index (χ0n) is 15.9. The molecule has 1 atom stereocenters. The van der Waals surface area contributed by atoms with Gasteiger partial charge in [0.2, 0.25) is 0 Å². The molecule has 0 radical (unpaired) electrons. The highest BCUT2D eigenvalue weighted by Gasteiger charge is 2.17. The minimum absolute atomic E-state index is 0.0718. The summed E-state index contributed by atoms with van der Waals surface area (Å²) in [7, 11) is 1.57. The van der Waals surface area contributed by atoms with Gasteiger partial charge in [-0.25, -0.2) is 0 Å². The van der Waals surface area contributed by atoms with Crippen molar-refractivity contribution in [2.75, 3.05) is 12.4 Å². The topological polar surface area (TPSA) is 67.4 Å². The van der Waals surface area contributed by atoms with Crippen LogP contribution in [0.3, 0.4) is 0 Å². The molecule has 2 rings (SSSR count). The molecular weight excluding hydrogens is 328 g/mol. The maximum atomic E-state index is 12.3. The molecule has 0 fully saturated rings. The molecule has 0 saturated carbocycles. The molecule has 0 aromatic heterocycles. The maximum absolute atomic E-state index is 12.3. The summed E-state index contributed by atoms with van der Waals surface area (Å²) in [6.45, 7) is 8.14. The van der Waals surface area contributed by atoms with Gasteiger partial charge in [0.15, 0.2) is 6.10 Å². The van der Waals surface area contributed by atoms with E-state index in [4.69, 9.17) is 4.74 Å². The number of nitrogens with one attached hydrogen (secondary N) is 2. The Hall–Kier alpha value is -2.82. The summed E-state index contributed by atoms with van der Waals surface area (Å²) in [5.74, 6) is 0.228. The van der Waals surface area contributed by atoms with E-state index >= 15 is 0 Å². The molecule has 2 N–H and O–H groups in total. The summed E-state index contributed by atoms with van der Waals surface area (Å²) < 4.78 is 5.72. The molecule has 5 nitrogen and oxygen atoms in total. The molecule has 0 aliphatic carbocycles. The van der Waals surface area contributed by atoms with Gasteiger partial charge < -0.3 is 15.4 Å². The molecule has 0 aliphatic rings. The van der Waals surface area contributed by atoms with Gasteiger partial charge in [-0.1, -0.05) is 32.9 Å². The zero-order chi connectivity index (χ0) is 19.3. The second-order valence-corrected chi connectivity index (χ2v) is 7.18. The van der Waals surface area contributed by atoms with Crippen LogP contribution in [0.25, 0.3) is 0 Å². The van der Waals surface area contributed by atoms with Crippen LogP contribution in [0.5, 0.6) is 5.75 Å². The molecule has 138 valence electrons. The van der Waals surface area contributed by atoms with Gasteiger partial charge in [-0.05, 0) is 54.3 Å². The Kier molecular flexibility index (Phi) is 6.03. The van der Waals surface area contributed by atoms with E-state index in [-0.39, 0.29) is 17.2 Å². The number of hydrogen-bond acceptors (Lipinski definition) is 3. The average Bonchev–Trinajstić information content (AvgIpc) is 2.61. The molecule has 0 unspecified atom stereocenters. The van der Waals surface area contributed by atoms with Gasteiger partial charge in [0.05, 0.1) is 0 Å². The van der Waals surface area contributed by atoms with Crippen molar-refractivity contribution in [1.29, 1.82) is 0 Å². The first-order valence-corrected chi connectivity index (χ1v) is 8.61. The van der Waals surface area contributed by atoms with Gasteiger partial charge in [-0.2, -0.15) is 0 Å². The van der Waals surface area contributed by atoms with Crippen LogP contribution in [0, 0.1) is 0 Å². The summed E-state index contributed by atoms with van der Waals surface area (Å²) in [4.78, 5) is 23.8. The Balaban J connectivity index is 1.96. The fourth-order valence-corrected chi connectivity index (χ4v) is 2.38. The first-order chi connectivity index (χ1) is 12.2. The third-order valence-electron chi connectivity index (χ3n) is 4.04. The van der Waals surface area contributed by atoms with Crippen molar-refractivity contribution >= 4 is 17.5 Å². The van der Waals surface area contributed by atoms with E-state index in [1.807, 2.05) is 24.3 Å². The fourth-order valence-electron chi connectivity index (χ4n) is 2.38. The monoisotopic (exact) mass is 354 g/mol. The Morgan fingerprint density at radius 1 is 0.962 bits per heavy atom. The Morgan fingerprint density at radius 2 is 1.54 bits per heavy atom. The maximum Gasteiger partial charge on any atom is 0.265 e. The highest BCUT2D eigenvalue weighted by atomic mass is 16.5. The van der Waals surface area contributed by atoms with Crippen molar-refractivity contribution in [3.8, 4) is 5.75 Å². The van der Waals surface area contributed by atoms with E-state index in [0.29, 0.717) is 17.0 Å². The van der Waals surface area contributed by atoms with Gasteiger partial charge in [0.25, 0.3) is 11.8 Å². The molecule has 2 amide bonds. The molecule has 2 aromatic carbocycles. The Labute approximate surface area is 154 Å².